The molecule has 0 radical (unpaired) electrons. The van der Waals surface area contributed by atoms with E-state index in [0.717, 1.165) is 4.90 Å². The van der Waals surface area contributed by atoms with Crippen LogP contribution in [0, 0.1) is 6.92 Å². The Balaban J connectivity index is 2.08. The van der Waals surface area contributed by atoms with Gasteiger partial charge in [-0.1, -0.05) is 0 Å². The fraction of sp³-hybridized carbons (Fsp3) is 0.214. The summed E-state index contributed by atoms with van der Waals surface area (Å²) in [6.45, 7) is 1.76. The van der Waals surface area contributed by atoms with Gasteiger partial charge in [0.2, 0.25) is 5.76 Å². The highest BCUT2D eigenvalue weighted by Crippen LogP contribution is 2.25. The van der Waals surface area contributed by atoms with E-state index < -0.39 is 11.9 Å². The minimum atomic E-state index is -1.07. The van der Waals surface area contributed by atoms with Crippen molar-refractivity contribution in [3.05, 3.63) is 47.2 Å². The molecule has 0 fully saturated rings. The number of esters is 1. The maximum Gasteiger partial charge on any atom is 0.374 e. The van der Waals surface area contributed by atoms with Crippen molar-refractivity contribution in [1.82, 2.24) is 4.98 Å². The van der Waals surface area contributed by atoms with Crippen LogP contribution in [0.4, 0.5) is 0 Å². The average molecular weight is 307 g/mol. The van der Waals surface area contributed by atoms with Crippen LogP contribution in [0.15, 0.2) is 33.7 Å². The number of furan rings is 1. The van der Waals surface area contributed by atoms with Crippen LogP contribution in [0.25, 0.3) is 0 Å². The van der Waals surface area contributed by atoms with Gasteiger partial charge in [0.15, 0.2) is 0 Å². The van der Waals surface area contributed by atoms with Crippen molar-refractivity contribution in [1.29, 1.82) is 0 Å². The van der Waals surface area contributed by atoms with Crippen LogP contribution in [-0.2, 0) is 10.5 Å². The molecule has 0 aliphatic heterocycles. The molecule has 0 saturated heterocycles. The Morgan fingerprint density at radius 3 is 2.86 bits per heavy atom. The van der Waals surface area contributed by atoms with Gasteiger partial charge in [-0.3, -0.25) is 0 Å². The largest absolute Gasteiger partial charge is 0.477 e. The molecule has 0 bridgehead atoms. The second-order valence-electron chi connectivity index (χ2n) is 4.19. The lowest BCUT2D eigenvalue weighted by Crippen LogP contribution is -2.00. The lowest BCUT2D eigenvalue weighted by molar-refractivity contribution is 0.0561. The zero-order valence-corrected chi connectivity index (χ0v) is 12.3. The van der Waals surface area contributed by atoms with Crippen molar-refractivity contribution in [3.8, 4) is 0 Å². The Morgan fingerprint density at radius 2 is 2.19 bits per heavy atom. The molecule has 2 aromatic rings. The van der Waals surface area contributed by atoms with Gasteiger partial charge < -0.3 is 14.3 Å². The zero-order chi connectivity index (χ0) is 15.4. The molecule has 0 spiro atoms. The van der Waals surface area contributed by atoms with E-state index in [1.165, 1.54) is 31.1 Å². The van der Waals surface area contributed by atoms with Crippen molar-refractivity contribution in [2.45, 2.75) is 17.6 Å². The second kappa shape index (κ2) is 6.45. The number of carboxylic acids is 1. The van der Waals surface area contributed by atoms with Crippen molar-refractivity contribution in [3.63, 3.8) is 0 Å². The topological polar surface area (TPSA) is 89.6 Å². The summed E-state index contributed by atoms with van der Waals surface area (Å²) in [4.78, 5) is 26.8. The summed E-state index contributed by atoms with van der Waals surface area (Å²) < 4.78 is 10.1. The highest BCUT2D eigenvalue weighted by atomic mass is 32.2. The third-order valence-electron chi connectivity index (χ3n) is 2.67. The van der Waals surface area contributed by atoms with Crippen molar-refractivity contribution < 1.29 is 23.8 Å². The molecule has 0 aliphatic carbocycles. The van der Waals surface area contributed by atoms with Crippen LogP contribution in [0.2, 0.25) is 0 Å². The van der Waals surface area contributed by atoms with Crippen LogP contribution in [0.3, 0.4) is 0 Å². The molecule has 0 amide bonds. The molecule has 0 unspecified atom stereocenters. The number of ether oxygens (including phenoxy) is 1. The summed E-state index contributed by atoms with van der Waals surface area (Å²) in [5, 5.41) is 8.88. The number of thioether (sulfide) groups is 1. The van der Waals surface area contributed by atoms with Gasteiger partial charge in [0.05, 0.1) is 12.9 Å². The molecule has 2 heterocycles. The van der Waals surface area contributed by atoms with Crippen LogP contribution in [0.1, 0.15) is 32.4 Å². The second-order valence-corrected chi connectivity index (χ2v) is 5.24. The van der Waals surface area contributed by atoms with Crippen molar-refractivity contribution in [2.75, 3.05) is 7.11 Å². The highest BCUT2D eigenvalue weighted by Gasteiger charge is 2.16. The molecule has 21 heavy (non-hydrogen) atoms. The number of methoxy groups -OCH3 is 1. The van der Waals surface area contributed by atoms with Crippen LogP contribution < -0.4 is 0 Å². The van der Waals surface area contributed by atoms with Gasteiger partial charge in [-0.05, 0) is 25.1 Å². The predicted molar refractivity (Wildman–Crippen MR) is 75.5 cm³/mol. The number of hydrogen-bond acceptors (Lipinski definition) is 6. The number of aryl methyl sites for hydroxylation is 1. The third-order valence-corrected chi connectivity index (χ3v) is 3.69. The first-order chi connectivity index (χ1) is 10.0. The lowest BCUT2D eigenvalue weighted by Gasteiger charge is -2.00. The first kappa shape index (κ1) is 15.1. The quantitative estimate of drug-likeness (QED) is 0.671. The Morgan fingerprint density at radius 1 is 1.43 bits per heavy atom. The maximum atomic E-state index is 11.4. The molecule has 2 rings (SSSR count). The van der Waals surface area contributed by atoms with Gasteiger partial charge in [0.25, 0.3) is 0 Å². The molecule has 2 aromatic heterocycles. The van der Waals surface area contributed by atoms with E-state index in [0.29, 0.717) is 17.1 Å². The molecule has 0 atom stereocenters. The number of hydrogen-bond donors (Lipinski definition) is 1. The molecule has 0 aliphatic rings. The highest BCUT2D eigenvalue weighted by molar-refractivity contribution is 7.98. The molecule has 7 heteroatoms. The summed E-state index contributed by atoms with van der Waals surface area (Å²) in [5.74, 6) is -0.304. The smallest absolute Gasteiger partial charge is 0.374 e. The third kappa shape index (κ3) is 3.63. The number of nitrogens with zero attached hydrogens (tertiary/aromatic N) is 1. The van der Waals surface area contributed by atoms with Gasteiger partial charge in [-0.2, -0.15) is 0 Å². The van der Waals surface area contributed by atoms with Crippen LogP contribution >= 0.6 is 11.8 Å². The van der Waals surface area contributed by atoms with Gasteiger partial charge >= 0.3 is 11.9 Å². The van der Waals surface area contributed by atoms with Gasteiger partial charge in [-0.25, -0.2) is 14.6 Å². The van der Waals surface area contributed by atoms with Gasteiger partial charge in [0.1, 0.15) is 11.5 Å². The van der Waals surface area contributed by atoms with Crippen LogP contribution in [-0.4, -0.2) is 29.1 Å². The minimum absolute atomic E-state index is 0.00845. The molecule has 0 saturated carbocycles. The van der Waals surface area contributed by atoms with Gasteiger partial charge in [0, 0.05) is 16.7 Å². The molecule has 6 nitrogen and oxygen atoms in total. The zero-order valence-electron chi connectivity index (χ0n) is 11.5. The standard InChI is InChI=1S/C14H13NO5S/c1-8-5-9(20-12(8)14(18)19-2)7-21-10-3-4-15-11(6-10)13(16)17/h3-6H,7H2,1-2H3,(H,16,17). The normalized spacial score (nSPS) is 10.4. The van der Waals surface area contributed by atoms with E-state index >= 15 is 0 Å². The van der Waals surface area contributed by atoms with E-state index in [4.69, 9.17) is 9.52 Å². The average Bonchev–Trinajstić information content (AvgIpc) is 2.85. The summed E-state index contributed by atoms with van der Waals surface area (Å²) in [6, 6.07) is 4.97. The molecular weight excluding hydrogens is 294 g/mol. The minimum Gasteiger partial charge on any atom is -0.477 e. The van der Waals surface area contributed by atoms with E-state index in [1.54, 1.807) is 19.1 Å². The van der Waals surface area contributed by atoms with E-state index in [-0.39, 0.29) is 11.5 Å². The van der Waals surface area contributed by atoms with Gasteiger partial charge in [-0.15, -0.1) is 11.8 Å². The monoisotopic (exact) mass is 307 g/mol. The molecule has 0 aromatic carbocycles. The van der Waals surface area contributed by atoms with Crippen molar-refractivity contribution in [2.24, 2.45) is 0 Å². The maximum absolute atomic E-state index is 11.4. The fourth-order valence-corrected chi connectivity index (χ4v) is 2.49. The SMILES string of the molecule is COC(=O)c1oc(CSc2ccnc(C(=O)O)c2)cc1C. The summed E-state index contributed by atoms with van der Waals surface area (Å²) in [5.41, 5.74) is 0.698. The molecule has 1 N–H and O–H groups in total. The summed E-state index contributed by atoms with van der Waals surface area (Å²) in [6.07, 6.45) is 1.44. The first-order valence-corrected chi connectivity index (χ1v) is 6.99. The Hall–Kier alpha value is -2.28. The number of aromatic nitrogens is 1. The van der Waals surface area contributed by atoms with E-state index in [1.807, 2.05) is 0 Å². The number of pyridine rings is 1. The Bertz CT molecular complexity index is 680. The number of carboxylic acid groups (broad SMARTS) is 1. The first-order valence-electron chi connectivity index (χ1n) is 6.01. The van der Waals surface area contributed by atoms with Crippen LogP contribution in [0.5, 0.6) is 0 Å². The number of carbonyl (C=O) groups is 2. The fourth-order valence-electron chi connectivity index (χ4n) is 1.69. The molecular formula is C14H13NO5S. The van der Waals surface area contributed by atoms with E-state index in [9.17, 15) is 9.59 Å². The van der Waals surface area contributed by atoms with E-state index in [2.05, 4.69) is 9.72 Å². The Kier molecular flexibility index (Phi) is 4.64. The Labute approximate surface area is 125 Å². The predicted octanol–water partition coefficient (Wildman–Crippen LogP) is 2.76. The van der Waals surface area contributed by atoms with Crippen molar-refractivity contribution >= 4 is 23.7 Å². The number of rotatable bonds is 5. The molecule has 110 valence electrons. The number of aromatic carboxylic acids is 1. The lowest BCUT2D eigenvalue weighted by atomic mass is 10.3. The number of carbonyl (C=O) groups excluding carboxylic acids is 1. The summed E-state index contributed by atoms with van der Waals surface area (Å²) in [7, 11) is 1.29. The summed E-state index contributed by atoms with van der Waals surface area (Å²) >= 11 is 1.40.